The first kappa shape index (κ1) is 14.2. The fraction of sp³-hybridized carbons (Fsp3) is 0.150. The molecule has 0 bridgehead atoms. The summed E-state index contributed by atoms with van der Waals surface area (Å²) < 4.78 is 0. The van der Waals surface area contributed by atoms with Gasteiger partial charge in [-0.15, -0.1) is 0 Å². The van der Waals surface area contributed by atoms with Crippen molar-refractivity contribution in [2.45, 2.75) is 12.0 Å². The molecule has 0 radical (unpaired) electrons. The first-order chi connectivity index (χ1) is 12.2. The number of allylic oxidation sites excluding steroid dienone is 1. The Kier molecular flexibility index (Phi) is 2.77. The number of amides is 3. The van der Waals surface area contributed by atoms with Gasteiger partial charge in [0, 0.05) is 17.7 Å². The third-order valence-electron chi connectivity index (χ3n) is 5.06. The highest BCUT2D eigenvalue weighted by molar-refractivity contribution is 6.14. The fourth-order valence-corrected chi connectivity index (χ4v) is 3.97. The number of nitrogens with zero attached hydrogens (tertiary/aromatic N) is 1. The molecule has 25 heavy (non-hydrogen) atoms. The summed E-state index contributed by atoms with van der Waals surface area (Å²) in [7, 11) is 0. The lowest BCUT2D eigenvalue weighted by molar-refractivity contribution is -0.122. The first-order valence-electron chi connectivity index (χ1n) is 8.29. The van der Waals surface area contributed by atoms with Crippen LogP contribution in [0.2, 0.25) is 0 Å². The van der Waals surface area contributed by atoms with Gasteiger partial charge in [-0.25, -0.2) is 4.79 Å². The smallest absolute Gasteiger partial charge is 0.316 e. The summed E-state index contributed by atoms with van der Waals surface area (Å²) in [6.07, 6.45) is 5.06. The van der Waals surface area contributed by atoms with Crippen molar-refractivity contribution in [1.29, 1.82) is 0 Å². The Morgan fingerprint density at radius 1 is 1.00 bits per heavy atom. The minimum Gasteiger partial charge on any atom is -0.316 e. The van der Waals surface area contributed by atoms with Crippen LogP contribution in [0.1, 0.15) is 23.1 Å². The third-order valence-corrected chi connectivity index (χ3v) is 5.06. The monoisotopic (exact) mass is 329 g/mol. The first-order valence-corrected chi connectivity index (χ1v) is 8.29. The molecule has 0 aromatic heterocycles. The number of imide groups is 1. The number of fused-ring (bicyclic) bond motifs is 5. The van der Waals surface area contributed by atoms with E-state index in [4.69, 9.17) is 0 Å². The molecular formula is C20H15N3O2. The average Bonchev–Trinajstić information content (AvgIpc) is 3.11. The summed E-state index contributed by atoms with van der Waals surface area (Å²) in [5.74, 6) is -0.332. The maximum absolute atomic E-state index is 12.8. The van der Waals surface area contributed by atoms with Gasteiger partial charge in [0.05, 0.1) is 5.71 Å². The van der Waals surface area contributed by atoms with Crippen LogP contribution < -0.4 is 10.6 Å². The molecule has 2 aromatic rings. The summed E-state index contributed by atoms with van der Waals surface area (Å²) in [5.41, 5.74) is 4.26. The number of hydrogen-bond donors (Lipinski definition) is 2. The van der Waals surface area contributed by atoms with Crippen LogP contribution in [0, 0.1) is 0 Å². The number of hydrogen-bond acceptors (Lipinski definition) is 3. The number of nitrogens with one attached hydrogen (secondary N) is 2. The van der Waals surface area contributed by atoms with Crippen LogP contribution in [0.5, 0.6) is 0 Å². The zero-order valence-corrected chi connectivity index (χ0v) is 13.4. The van der Waals surface area contributed by atoms with Crippen LogP contribution in [0.15, 0.2) is 59.6 Å². The van der Waals surface area contributed by atoms with Crippen molar-refractivity contribution in [3.63, 3.8) is 0 Å². The Hall–Kier alpha value is -3.21. The van der Waals surface area contributed by atoms with Gasteiger partial charge in [-0.2, -0.15) is 0 Å². The molecule has 3 aliphatic rings. The minimum absolute atomic E-state index is 0.332. The molecule has 2 heterocycles. The van der Waals surface area contributed by atoms with Gasteiger partial charge in [-0.05, 0) is 35.3 Å². The van der Waals surface area contributed by atoms with E-state index in [1.807, 2.05) is 48.5 Å². The highest BCUT2D eigenvalue weighted by Crippen LogP contribution is 2.49. The zero-order chi connectivity index (χ0) is 17.0. The summed E-state index contributed by atoms with van der Waals surface area (Å²) in [6, 6.07) is 13.3. The van der Waals surface area contributed by atoms with E-state index in [-0.39, 0.29) is 5.91 Å². The number of rotatable bonds is 1. The second-order valence-corrected chi connectivity index (χ2v) is 6.42. The Labute approximate surface area is 144 Å². The van der Waals surface area contributed by atoms with Gasteiger partial charge in [0.2, 0.25) is 0 Å². The molecule has 1 atom stereocenters. The van der Waals surface area contributed by atoms with Gasteiger partial charge >= 0.3 is 6.03 Å². The average molecular weight is 329 g/mol. The Morgan fingerprint density at radius 3 is 2.60 bits per heavy atom. The zero-order valence-electron chi connectivity index (χ0n) is 13.4. The molecule has 3 amide bonds. The van der Waals surface area contributed by atoms with Crippen LogP contribution in [0.4, 0.5) is 4.79 Å². The largest absolute Gasteiger partial charge is 0.322 e. The summed E-state index contributed by atoms with van der Waals surface area (Å²) in [5, 5.41) is 5.26. The summed E-state index contributed by atoms with van der Waals surface area (Å²) in [4.78, 5) is 29.3. The van der Waals surface area contributed by atoms with Gasteiger partial charge < -0.3 is 5.32 Å². The highest BCUT2D eigenvalue weighted by Gasteiger charge is 2.54. The molecule has 5 rings (SSSR count). The van der Waals surface area contributed by atoms with Crippen molar-refractivity contribution in [3.05, 3.63) is 71.3 Å². The Bertz CT molecular complexity index is 1010. The van der Waals surface area contributed by atoms with Crippen LogP contribution in [-0.2, 0) is 10.3 Å². The van der Waals surface area contributed by atoms with Crippen molar-refractivity contribution >= 4 is 17.6 Å². The standard InChI is InChI=1S/C20H15N3O2/c24-18-20(23-19(25)22-18)15-6-2-1-5-13(15)14-9-8-12(11-16(14)20)17-7-3-4-10-21-17/h1-3,5-9,11H,4,10H2,(H2,22,23,24,25). The van der Waals surface area contributed by atoms with Crippen LogP contribution >= 0.6 is 0 Å². The van der Waals surface area contributed by atoms with Crippen LogP contribution in [0.25, 0.3) is 11.1 Å². The quantitative estimate of drug-likeness (QED) is 0.789. The number of benzene rings is 2. The second-order valence-electron chi connectivity index (χ2n) is 6.42. The van der Waals surface area contributed by atoms with Crippen molar-refractivity contribution < 1.29 is 9.59 Å². The van der Waals surface area contributed by atoms with E-state index >= 15 is 0 Å². The van der Waals surface area contributed by atoms with E-state index in [1.165, 1.54) is 0 Å². The van der Waals surface area contributed by atoms with E-state index in [2.05, 4.69) is 21.7 Å². The maximum atomic E-state index is 12.8. The van der Waals surface area contributed by atoms with Gasteiger partial charge in [0.15, 0.2) is 5.54 Å². The predicted molar refractivity (Wildman–Crippen MR) is 94.5 cm³/mol. The number of aliphatic imine (C=N–C) groups is 1. The van der Waals surface area contributed by atoms with E-state index in [9.17, 15) is 9.59 Å². The normalized spacial score (nSPS) is 23.1. The molecule has 122 valence electrons. The lowest BCUT2D eigenvalue weighted by atomic mass is 9.86. The topological polar surface area (TPSA) is 70.6 Å². The lowest BCUT2D eigenvalue weighted by Crippen LogP contribution is -2.43. The number of dihydropyridines is 1. The van der Waals surface area contributed by atoms with Gasteiger partial charge in [-0.1, -0.05) is 42.5 Å². The third kappa shape index (κ3) is 1.80. The van der Waals surface area contributed by atoms with E-state index < -0.39 is 11.6 Å². The molecule has 1 spiro atoms. The lowest BCUT2D eigenvalue weighted by Gasteiger charge is -2.23. The van der Waals surface area contributed by atoms with Gasteiger partial charge in [0.25, 0.3) is 5.91 Å². The highest BCUT2D eigenvalue weighted by atomic mass is 16.2. The maximum Gasteiger partial charge on any atom is 0.322 e. The van der Waals surface area contributed by atoms with E-state index in [0.717, 1.165) is 46.5 Å². The van der Waals surface area contributed by atoms with Crippen molar-refractivity contribution in [2.24, 2.45) is 4.99 Å². The molecule has 1 aliphatic carbocycles. The number of urea groups is 1. The molecule has 5 heteroatoms. The van der Waals surface area contributed by atoms with Gasteiger partial charge in [0.1, 0.15) is 0 Å². The molecule has 0 saturated carbocycles. The molecule has 2 aromatic carbocycles. The summed E-state index contributed by atoms with van der Waals surface area (Å²) in [6.45, 7) is 0.769. The molecule has 1 unspecified atom stereocenters. The SMILES string of the molecule is O=C1NC(=O)C2(N1)c1ccccc1-c1ccc(C3=NCCC=C3)cc12. The molecule has 2 N–H and O–H groups in total. The van der Waals surface area contributed by atoms with Gasteiger partial charge in [-0.3, -0.25) is 15.1 Å². The Balaban J connectivity index is 1.77. The van der Waals surface area contributed by atoms with Crippen molar-refractivity contribution in [3.8, 4) is 11.1 Å². The van der Waals surface area contributed by atoms with Crippen molar-refractivity contribution in [2.75, 3.05) is 6.54 Å². The molecular weight excluding hydrogens is 314 g/mol. The number of carbonyl (C=O) groups is 2. The second kappa shape index (κ2) is 4.89. The summed E-state index contributed by atoms with van der Waals surface area (Å²) >= 11 is 0. The van der Waals surface area contributed by atoms with Crippen molar-refractivity contribution in [1.82, 2.24) is 10.6 Å². The minimum atomic E-state index is -1.15. The Morgan fingerprint density at radius 2 is 1.84 bits per heavy atom. The van der Waals surface area contributed by atoms with E-state index in [0.29, 0.717) is 0 Å². The fourth-order valence-electron chi connectivity index (χ4n) is 3.97. The molecule has 5 nitrogen and oxygen atoms in total. The molecule has 1 fully saturated rings. The number of carbonyl (C=O) groups excluding carboxylic acids is 2. The predicted octanol–water partition coefficient (Wildman–Crippen LogP) is 2.50. The molecule has 2 aliphatic heterocycles. The molecule has 1 saturated heterocycles. The van der Waals surface area contributed by atoms with Crippen LogP contribution in [0.3, 0.4) is 0 Å². The van der Waals surface area contributed by atoms with Crippen LogP contribution in [-0.4, -0.2) is 24.2 Å². The van der Waals surface area contributed by atoms with E-state index in [1.54, 1.807) is 0 Å².